The summed E-state index contributed by atoms with van der Waals surface area (Å²) >= 11 is 7.21. The van der Waals surface area contributed by atoms with Crippen molar-refractivity contribution in [3.8, 4) is 0 Å². The molecule has 1 atom stereocenters. The highest BCUT2D eigenvalue weighted by Gasteiger charge is 2.33. The van der Waals surface area contributed by atoms with E-state index in [1.165, 1.54) is 11.8 Å². The van der Waals surface area contributed by atoms with Gasteiger partial charge in [-0.15, -0.1) is 10.2 Å². The summed E-state index contributed by atoms with van der Waals surface area (Å²) in [6.07, 6.45) is -1.73. The van der Waals surface area contributed by atoms with E-state index in [4.69, 9.17) is 11.6 Å². The number of thioether (sulfide) groups is 1. The summed E-state index contributed by atoms with van der Waals surface area (Å²) in [5.41, 5.74) is -0.235. The van der Waals surface area contributed by atoms with Gasteiger partial charge in [0.2, 0.25) is 0 Å². The second kappa shape index (κ2) is 8.50. The Bertz CT molecular complexity index is 1040. The van der Waals surface area contributed by atoms with Crippen molar-refractivity contribution in [1.29, 1.82) is 0 Å². The van der Waals surface area contributed by atoms with Crippen LogP contribution in [0.3, 0.4) is 0 Å². The van der Waals surface area contributed by atoms with Gasteiger partial charge in [0, 0.05) is 29.2 Å². The van der Waals surface area contributed by atoms with E-state index in [0.717, 1.165) is 16.8 Å². The zero-order chi connectivity index (χ0) is 21.2. The van der Waals surface area contributed by atoms with Crippen LogP contribution in [-0.2, 0) is 19.6 Å². The number of halogens is 4. The van der Waals surface area contributed by atoms with Crippen LogP contribution in [0.5, 0.6) is 0 Å². The quantitative estimate of drug-likeness (QED) is 0.412. The van der Waals surface area contributed by atoms with Crippen molar-refractivity contribution in [1.82, 2.24) is 24.7 Å². The Labute approximate surface area is 173 Å². The molecule has 0 spiro atoms. The molecule has 0 saturated carbocycles. The molecule has 0 aliphatic carbocycles. The first-order valence-electron chi connectivity index (χ1n) is 8.37. The minimum atomic E-state index is -4.69. The first-order valence-corrected chi connectivity index (χ1v) is 9.62. The molecule has 152 valence electrons. The van der Waals surface area contributed by atoms with Crippen molar-refractivity contribution in [2.45, 2.75) is 29.9 Å². The van der Waals surface area contributed by atoms with E-state index in [1.54, 1.807) is 29.2 Å². The van der Waals surface area contributed by atoms with Crippen molar-refractivity contribution in [3.63, 3.8) is 0 Å². The third-order valence-corrected chi connectivity index (χ3v) is 5.39. The number of carbonyl (C=O) groups excluding carboxylic acids is 1. The highest BCUT2D eigenvalue weighted by atomic mass is 35.5. The van der Waals surface area contributed by atoms with Gasteiger partial charge in [-0.1, -0.05) is 23.4 Å². The van der Waals surface area contributed by atoms with E-state index >= 15 is 0 Å². The van der Waals surface area contributed by atoms with Crippen LogP contribution in [0.1, 0.15) is 39.6 Å². The second-order valence-corrected chi connectivity index (χ2v) is 7.96. The third kappa shape index (κ3) is 5.33. The van der Waals surface area contributed by atoms with Crippen molar-refractivity contribution in [2.75, 3.05) is 0 Å². The third-order valence-electron chi connectivity index (χ3n) is 3.97. The molecule has 0 aromatic carbocycles. The predicted molar refractivity (Wildman–Crippen MR) is 102 cm³/mol. The number of ketones is 1. The molecular formula is C18H15ClF3N5OS. The number of rotatable bonds is 6. The number of aryl methyl sites for hydroxylation is 1. The Balaban J connectivity index is 1.77. The minimum Gasteiger partial charge on any atom is -0.312 e. The molecule has 0 saturated heterocycles. The van der Waals surface area contributed by atoms with Gasteiger partial charge >= 0.3 is 6.18 Å². The Morgan fingerprint density at radius 2 is 2.07 bits per heavy atom. The van der Waals surface area contributed by atoms with Gasteiger partial charge in [0.15, 0.2) is 10.9 Å². The maximum Gasteiger partial charge on any atom is 0.433 e. The molecule has 3 aromatic rings. The fourth-order valence-electron chi connectivity index (χ4n) is 2.49. The van der Waals surface area contributed by atoms with Crippen LogP contribution in [-0.4, -0.2) is 30.5 Å². The lowest BCUT2D eigenvalue weighted by Crippen LogP contribution is -2.14. The number of hydrogen-bond acceptors (Lipinski definition) is 6. The lowest BCUT2D eigenvalue weighted by atomic mass is 10.1. The zero-order valence-corrected chi connectivity index (χ0v) is 16.9. The molecule has 0 unspecified atom stereocenters. The fourth-order valence-corrected chi connectivity index (χ4v) is 3.61. The summed E-state index contributed by atoms with van der Waals surface area (Å²) in [5, 5.41) is 8.37. The molecular weight excluding hydrogens is 427 g/mol. The molecule has 0 radical (unpaired) electrons. The maximum absolute atomic E-state index is 12.9. The molecule has 0 aliphatic rings. The van der Waals surface area contributed by atoms with E-state index in [1.807, 2.05) is 14.0 Å². The highest BCUT2D eigenvalue weighted by molar-refractivity contribution is 7.99. The Morgan fingerprint density at radius 3 is 2.72 bits per heavy atom. The number of hydrogen-bond donors (Lipinski definition) is 0. The average Bonchev–Trinajstić information content (AvgIpc) is 3.05. The molecule has 0 amide bonds. The van der Waals surface area contributed by atoms with E-state index in [9.17, 15) is 18.0 Å². The molecule has 0 N–H and O–H groups in total. The van der Waals surface area contributed by atoms with Crippen LogP contribution in [0.15, 0.2) is 41.9 Å². The molecule has 3 heterocycles. The molecule has 0 aliphatic heterocycles. The van der Waals surface area contributed by atoms with Crippen LogP contribution in [0.25, 0.3) is 0 Å². The van der Waals surface area contributed by atoms with Gasteiger partial charge in [0.05, 0.1) is 6.42 Å². The number of aromatic nitrogens is 5. The van der Waals surface area contributed by atoms with Crippen molar-refractivity contribution >= 4 is 29.1 Å². The average molecular weight is 442 g/mol. The van der Waals surface area contributed by atoms with E-state index < -0.39 is 17.7 Å². The maximum atomic E-state index is 12.9. The largest absolute Gasteiger partial charge is 0.433 e. The summed E-state index contributed by atoms with van der Waals surface area (Å²) in [4.78, 5) is 20.0. The molecule has 3 aromatic heterocycles. The van der Waals surface area contributed by atoms with Gasteiger partial charge in [0.25, 0.3) is 0 Å². The van der Waals surface area contributed by atoms with Crippen LogP contribution in [0, 0.1) is 0 Å². The number of pyridine rings is 2. The van der Waals surface area contributed by atoms with E-state index in [2.05, 4.69) is 20.2 Å². The topological polar surface area (TPSA) is 73.6 Å². The predicted octanol–water partition coefficient (Wildman–Crippen LogP) is 4.56. The highest BCUT2D eigenvalue weighted by Crippen LogP contribution is 2.33. The lowest BCUT2D eigenvalue weighted by Gasteiger charge is -2.12. The van der Waals surface area contributed by atoms with Crippen molar-refractivity contribution < 1.29 is 18.0 Å². The van der Waals surface area contributed by atoms with Crippen LogP contribution in [0.2, 0.25) is 5.02 Å². The van der Waals surface area contributed by atoms with Gasteiger partial charge in [-0.2, -0.15) is 13.2 Å². The van der Waals surface area contributed by atoms with Gasteiger partial charge in [-0.3, -0.25) is 9.78 Å². The van der Waals surface area contributed by atoms with Gasteiger partial charge in [-0.25, -0.2) is 4.98 Å². The SMILES string of the molecule is C[C@H](Sc1nncn1C)c1ccnc(CC(=O)c2cc(Cl)cc(C(F)(F)F)n2)c1. The Hall–Kier alpha value is -2.46. The van der Waals surface area contributed by atoms with Crippen LogP contribution in [0.4, 0.5) is 13.2 Å². The molecule has 0 bridgehead atoms. The van der Waals surface area contributed by atoms with Crippen LogP contribution >= 0.6 is 23.4 Å². The number of carbonyl (C=O) groups is 1. The van der Waals surface area contributed by atoms with Crippen molar-refractivity contribution in [2.24, 2.45) is 7.05 Å². The standard InChI is InChI=1S/C18H15ClF3N5OS/c1-10(29-17-26-24-9-27(17)2)11-3-4-23-13(5-11)8-15(28)14-6-12(19)7-16(25-14)18(20,21)22/h3-7,9-10H,8H2,1-2H3/t10-/m0/s1. The first-order chi connectivity index (χ1) is 13.6. The van der Waals surface area contributed by atoms with Crippen LogP contribution < -0.4 is 0 Å². The van der Waals surface area contributed by atoms with Crippen molar-refractivity contribution in [3.05, 3.63) is 64.5 Å². The lowest BCUT2D eigenvalue weighted by molar-refractivity contribution is -0.141. The summed E-state index contributed by atoms with van der Waals surface area (Å²) in [7, 11) is 1.83. The number of nitrogens with zero attached hydrogens (tertiary/aromatic N) is 5. The molecule has 11 heteroatoms. The first kappa shape index (κ1) is 21.3. The summed E-state index contributed by atoms with van der Waals surface area (Å²) in [5.74, 6) is -0.601. The normalized spacial score (nSPS) is 12.8. The summed E-state index contributed by atoms with van der Waals surface area (Å²) < 4.78 is 40.5. The second-order valence-electron chi connectivity index (χ2n) is 6.22. The fraction of sp³-hybridized carbons (Fsp3) is 0.278. The Kier molecular flexibility index (Phi) is 6.23. The molecule has 0 fully saturated rings. The summed E-state index contributed by atoms with van der Waals surface area (Å²) in [6, 6.07) is 5.35. The smallest absolute Gasteiger partial charge is 0.312 e. The molecule has 29 heavy (non-hydrogen) atoms. The minimum absolute atomic E-state index is 0.00382. The van der Waals surface area contributed by atoms with Gasteiger partial charge in [0.1, 0.15) is 17.7 Å². The number of Topliss-reactive ketones (excluding diaryl/α,β-unsaturated/α-hetero) is 1. The Morgan fingerprint density at radius 1 is 1.31 bits per heavy atom. The monoisotopic (exact) mass is 441 g/mol. The molecule has 6 nitrogen and oxygen atoms in total. The van der Waals surface area contributed by atoms with E-state index in [-0.39, 0.29) is 22.4 Å². The van der Waals surface area contributed by atoms with Gasteiger partial charge in [-0.05, 0) is 36.8 Å². The van der Waals surface area contributed by atoms with Gasteiger partial charge < -0.3 is 4.57 Å². The summed E-state index contributed by atoms with van der Waals surface area (Å²) in [6.45, 7) is 1.97. The number of alkyl halides is 3. The van der Waals surface area contributed by atoms with E-state index in [0.29, 0.717) is 11.8 Å². The zero-order valence-electron chi connectivity index (χ0n) is 15.3. The molecule has 3 rings (SSSR count).